The normalized spacial score (nSPS) is 13.5. The first-order valence-corrected chi connectivity index (χ1v) is 6.68. The Morgan fingerprint density at radius 2 is 2.10 bits per heavy atom. The van der Waals surface area contributed by atoms with Gasteiger partial charge in [-0.3, -0.25) is 0 Å². The summed E-state index contributed by atoms with van der Waals surface area (Å²) in [6.07, 6.45) is 0.148. The molecule has 0 fully saturated rings. The average molecular weight is 298 g/mol. The zero-order chi connectivity index (χ0) is 14.9. The third-order valence-corrected chi connectivity index (χ3v) is 3.44. The second kappa shape index (κ2) is 5.50. The van der Waals surface area contributed by atoms with Gasteiger partial charge in [0, 0.05) is 10.6 Å². The maximum Gasteiger partial charge on any atom is 0.231 e. The lowest BCUT2D eigenvalue weighted by molar-refractivity contribution is 0.301. The van der Waals surface area contributed by atoms with Crippen molar-refractivity contribution < 1.29 is 8.91 Å². The number of hydrogen-bond donors (Lipinski definition) is 1. The summed E-state index contributed by atoms with van der Waals surface area (Å²) < 4.78 is 18.8. The van der Waals surface area contributed by atoms with Crippen molar-refractivity contribution in [3.8, 4) is 0 Å². The van der Waals surface area contributed by atoms with E-state index in [-0.39, 0.29) is 17.9 Å². The monoisotopic (exact) mass is 297 g/mol. The van der Waals surface area contributed by atoms with E-state index in [2.05, 4.69) is 10.1 Å². The van der Waals surface area contributed by atoms with Crippen molar-refractivity contribution in [3.63, 3.8) is 0 Å². The maximum atomic E-state index is 13.7. The fourth-order valence-corrected chi connectivity index (χ4v) is 1.94. The standard InChI is InChI=1S/C14H17ClFN3O/c1-14(2,3)12(17)13-18-11(20-19-13)7-8-9(15)5-4-6-10(8)16/h4-6,12H,7,17H2,1-3H3. The van der Waals surface area contributed by atoms with Gasteiger partial charge in [0.15, 0.2) is 5.82 Å². The van der Waals surface area contributed by atoms with Crippen LogP contribution in [0.2, 0.25) is 5.02 Å². The fourth-order valence-electron chi connectivity index (χ4n) is 1.71. The second-order valence-corrected chi connectivity index (χ2v) is 6.17. The van der Waals surface area contributed by atoms with Gasteiger partial charge in [0.05, 0.1) is 12.5 Å². The van der Waals surface area contributed by atoms with Gasteiger partial charge in [0.25, 0.3) is 0 Å². The molecule has 0 amide bonds. The summed E-state index contributed by atoms with van der Waals surface area (Å²) in [6, 6.07) is 4.17. The predicted octanol–water partition coefficient (Wildman–Crippen LogP) is 3.50. The average Bonchev–Trinajstić information content (AvgIpc) is 2.80. The van der Waals surface area contributed by atoms with Crippen LogP contribution in [0.25, 0.3) is 0 Å². The third kappa shape index (κ3) is 3.16. The van der Waals surface area contributed by atoms with E-state index in [1.165, 1.54) is 6.07 Å². The molecule has 108 valence electrons. The number of nitrogens with two attached hydrogens (primary N) is 1. The molecule has 2 rings (SSSR count). The van der Waals surface area contributed by atoms with E-state index < -0.39 is 5.82 Å². The highest BCUT2D eigenvalue weighted by Gasteiger charge is 2.27. The van der Waals surface area contributed by atoms with E-state index in [4.69, 9.17) is 21.9 Å². The first-order chi connectivity index (χ1) is 9.29. The molecule has 1 unspecified atom stereocenters. The van der Waals surface area contributed by atoms with Crippen LogP contribution in [0.1, 0.15) is 44.1 Å². The summed E-state index contributed by atoms with van der Waals surface area (Å²) in [5, 5.41) is 4.20. The summed E-state index contributed by atoms with van der Waals surface area (Å²) in [5.74, 6) is 0.323. The van der Waals surface area contributed by atoms with Gasteiger partial charge < -0.3 is 10.3 Å². The molecule has 2 aromatic rings. The Morgan fingerprint density at radius 3 is 2.70 bits per heavy atom. The molecule has 0 aliphatic heterocycles. The van der Waals surface area contributed by atoms with E-state index >= 15 is 0 Å². The third-order valence-electron chi connectivity index (χ3n) is 3.08. The number of aromatic nitrogens is 2. The lowest BCUT2D eigenvalue weighted by atomic mass is 9.87. The van der Waals surface area contributed by atoms with Gasteiger partial charge in [0.1, 0.15) is 5.82 Å². The maximum absolute atomic E-state index is 13.7. The molecule has 0 aliphatic rings. The van der Waals surface area contributed by atoms with Gasteiger partial charge in [-0.05, 0) is 17.5 Å². The molecule has 1 aromatic carbocycles. The van der Waals surface area contributed by atoms with Crippen molar-refractivity contribution in [2.24, 2.45) is 11.1 Å². The molecule has 20 heavy (non-hydrogen) atoms. The topological polar surface area (TPSA) is 64.9 Å². The molecule has 0 bridgehead atoms. The summed E-state index contributed by atoms with van der Waals surface area (Å²) >= 11 is 5.97. The largest absolute Gasteiger partial charge is 0.339 e. The van der Waals surface area contributed by atoms with Crippen molar-refractivity contribution in [2.45, 2.75) is 33.2 Å². The Balaban J connectivity index is 2.22. The quantitative estimate of drug-likeness (QED) is 0.941. The summed E-state index contributed by atoms with van der Waals surface area (Å²) in [5.41, 5.74) is 6.21. The van der Waals surface area contributed by atoms with E-state index in [1.807, 2.05) is 20.8 Å². The minimum Gasteiger partial charge on any atom is -0.339 e. The number of halogens is 2. The summed E-state index contributed by atoms with van der Waals surface area (Å²) in [4.78, 5) is 4.23. The molecule has 0 saturated heterocycles. The Morgan fingerprint density at radius 1 is 1.40 bits per heavy atom. The van der Waals surface area contributed by atoms with E-state index in [1.54, 1.807) is 12.1 Å². The van der Waals surface area contributed by atoms with Crippen LogP contribution in [0.4, 0.5) is 4.39 Å². The van der Waals surface area contributed by atoms with Crippen LogP contribution in [0.3, 0.4) is 0 Å². The van der Waals surface area contributed by atoms with Crippen LogP contribution in [-0.4, -0.2) is 10.1 Å². The SMILES string of the molecule is CC(C)(C)C(N)c1noc(Cc2c(F)cccc2Cl)n1. The molecule has 0 saturated carbocycles. The van der Waals surface area contributed by atoms with Gasteiger partial charge in [-0.25, -0.2) is 4.39 Å². The van der Waals surface area contributed by atoms with E-state index in [9.17, 15) is 4.39 Å². The van der Waals surface area contributed by atoms with Gasteiger partial charge in [-0.15, -0.1) is 0 Å². The predicted molar refractivity (Wildman–Crippen MR) is 74.9 cm³/mol. The van der Waals surface area contributed by atoms with Crippen LogP contribution in [0.15, 0.2) is 22.7 Å². The minimum absolute atomic E-state index is 0.148. The van der Waals surface area contributed by atoms with E-state index in [0.29, 0.717) is 22.3 Å². The zero-order valence-electron chi connectivity index (χ0n) is 11.7. The Hall–Kier alpha value is -1.46. The molecule has 1 atom stereocenters. The molecular formula is C14H17ClFN3O. The zero-order valence-corrected chi connectivity index (χ0v) is 12.4. The Bertz CT molecular complexity index is 586. The lowest BCUT2D eigenvalue weighted by Crippen LogP contribution is -2.27. The van der Waals surface area contributed by atoms with Gasteiger partial charge >= 0.3 is 0 Å². The van der Waals surface area contributed by atoms with Crippen molar-refractivity contribution in [1.82, 2.24) is 10.1 Å². The molecule has 1 aromatic heterocycles. The Labute approximate surface area is 122 Å². The first kappa shape index (κ1) is 14.9. The van der Waals surface area contributed by atoms with Gasteiger partial charge in [-0.1, -0.05) is 43.6 Å². The molecule has 4 nitrogen and oxygen atoms in total. The summed E-state index contributed by atoms with van der Waals surface area (Å²) in [6.45, 7) is 5.96. The van der Waals surface area contributed by atoms with Crippen molar-refractivity contribution in [1.29, 1.82) is 0 Å². The molecule has 6 heteroatoms. The van der Waals surface area contributed by atoms with Crippen LogP contribution in [0, 0.1) is 11.2 Å². The number of hydrogen-bond acceptors (Lipinski definition) is 4. The van der Waals surface area contributed by atoms with Crippen LogP contribution < -0.4 is 5.73 Å². The lowest BCUT2D eigenvalue weighted by Gasteiger charge is -2.23. The highest BCUT2D eigenvalue weighted by Crippen LogP contribution is 2.29. The molecule has 1 heterocycles. The van der Waals surface area contributed by atoms with Crippen molar-refractivity contribution in [2.75, 3.05) is 0 Å². The second-order valence-electron chi connectivity index (χ2n) is 5.77. The molecular weight excluding hydrogens is 281 g/mol. The Kier molecular flexibility index (Phi) is 4.11. The van der Waals surface area contributed by atoms with Crippen LogP contribution >= 0.6 is 11.6 Å². The van der Waals surface area contributed by atoms with Crippen molar-refractivity contribution in [3.05, 3.63) is 46.3 Å². The number of rotatable bonds is 3. The smallest absolute Gasteiger partial charge is 0.231 e. The van der Waals surface area contributed by atoms with Gasteiger partial charge in [0.2, 0.25) is 5.89 Å². The summed E-state index contributed by atoms with van der Waals surface area (Å²) in [7, 11) is 0. The molecule has 0 aliphatic carbocycles. The van der Waals surface area contributed by atoms with Crippen LogP contribution in [-0.2, 0) is 6.42 Å². The van der Waals surface area contributed by atoms with Crippen molar-refractivity contribution >= 4 is 11.6 Å². The molecule has 0 radical (unpaired) electrons. The number of benzene rings is 1. The minimum atomic E-state index is -0.391. The molecule has 0 spiro atoms. The van der Waals surface area contributed by atoms with Gasteiger partial charge in [-0.2, -0.15) is 4.98 Å². The molecule has 2 N–H and O–H groups in total. The first-order valence-electron chi connectivity index (χ1n) is 6.30. The van der Waals surface area contributed by atoms with Crippen LogP contribution in [0.5, 0.6) is 0 Å². The highest BCUT2D eigenvalue weighted by molar-refractivity contribution is 6.31. The number of nitrogens with zero attached hydrogens (tertiary/aromatic N) is 2. The fraction of sp³-hybridized carbons (Fsp3) is 0.429. The highest BCUT2D eigenvalue weighted by atomic mass is 35.5. The van der Waals surface area contributed by atoms with E-state index in [0.717, 1.165) is 0 Å².